The van der Waals surface area contributed by atoms with Crippen LogP contribution in [-0.4, -0.2) is 25.2 Å². The van der Waals surface area contributed by atoms with Crippen molar-refractivity contribution in [3.8, 4) is 0 Å². The fourth-order valence-electron chi connectivity index (χ4n) is 1.97. The van der Waals surface area contributed by atoms with Gasteiger partial charge in [0.1, 0.15) is 0 Å². The lowest BCUT2D eigenvalue weighted by molar-refractivity contribution is 0.154. The predicted molar refractivity (Wildman–Crippen MR) is 75.6 cm³/mol. The van der Waals surface area contributed by atoms with Gasteiger partial charge in [-0.3, -0.25) is 9.77 Å². The Kier molecular flexibility index (Phi) is 5.16. The zero-order valence-corrected chi connectivity index (χ0v) is 12.9. The van der Waals surface area contributed by atoms with E-state index in [0.29, 0.717) is 5.69 Å². The quantitative estimate of drug-likeness (QED) is 0.660. The smallest absolute Gasteiger partial charge is 0.310 e. The summed E-state index contributed by atoms with van der Waals surface area (Å²) in [6.45, 7) is 5.61. The number of rotatable bonds is 5. The van der Waals surface area contributed by atoms with E-state index in [4.69, 9.17) is 9.05 Å². The lowest BCUT2D eigenvalue weighted by Gasteiger charge is -2.39. The molecular formula is C13H22NO4P. The molecule has 19 heavy (non-hydrogen) atoms. The Morgan fingerprint density at radius 1 is 1.16 bits per heavy atom. The number of anilines is 1. The second-order valence-electron chi connectivity index (χ2n) is 5.32. The fourth-order valence-corrected chi connectivity index (χ4v) is 3.87. The van der Waals surface area contributed by atoms with Crippen LogP contribution in [0.2, 0.25) is 0 Å². The van der Waals surface area contributed by atoms with Gasteiger partial charge in [-0.25, -0.2) is 5.06 Å². The summed E-state index contributed by atoms with van der Waals surface area (Å²) in [6.07, 6.45) is 0. The van der Waals surface area contributed by atoms with Gasteiger partial charge in [0.15, 0.2) is 5.78 Å². The van der Waals surface area contributed by atoms with Crippen LogP contribution in [0.4, 0.5) is 5.69 Å². The van der Waals surface area contributed by atoms with E-state index in [0.717, 1.165) is 5.06 Å². The number of benzene rings is 1. The second-order valence-corrected chi connectivity index (χ2v) is 7.62. The molecule has 1 aromatic carbocycles. The number of hydroxylamine groups is 1. The molecule has 0 spiro atoms. The molecule has 0 aromatic heterocycles. The van der Waals surface area contributed by atoms with Crippen molar-refractivity contribution in [3.63, 3.8) is 0 Å². The topological polar surface area (TPSA) is 59.0 Å². The zero-order chi connectivity index (χ0) is 14.7. The summed E-state index contributed by atoms with van der Waals surface area (Å²) in [6, 6.07) is 8.89. The maximum absolute atomic E-state index is 12.7. The molecule has 0 saturated carbocycles. The molecule has 0 aliphatic rings. The summed E-state index contributed by atoms with van der Waals surface area (Å²) in [4.78, 5) is 0. The van der Waals surface area contributed by atoms with Gasteiger partial charge in [-0.05, 0) is 17.5 Å². The van der Waals surface area contributed by atoms with E-state index in [2.05, 4.69) is 0 Å². The summed E-state index contributed by atoms with van der Waals surface area (Å²) in [7, 11) is -0.816. The third-order valence-electron chi connectivity index (χ3n) is 2.84. The third-order valence-corrected chi connectivity index (χ3v) is 5.45. The van der Waals surface area contributed by atoms with Crippen LogP contribution in [0, 0.1) is 5.41 Å². The van der Waals surface area contributed by atoms with E-state index in [1.54, 1.807) is 24.3 Å². The highest BCUT2D eigenvalue weighted by molar-refractivity contribution is 7.54. The molecule has 1 rings (SSSR count). The summed E-state index contributed by atoms with van der Waals surface area (Å²) in [5.41, 5.74) is 0.0309. The molecule has 6 heteroatoms. The first kappa shape index (κ1) is 16.2. The monoisotopic (exact) mass is 287 g/mol. The average molecular weight is 287 g/mol. The van der Waals surface area contributed by atoms with E-state index < -0.39 is 18.8 Å². The summed E-state index contributed by atoms with van der Waals surface area (Å²) in [5.74, 6) is -0.808. The molecule has 5 nitrogen and oxygen atoms in total. The first-order chi connectivity index (χ1) is 8.76. The van der Waals surface area contributed by atoms with Crippen LogP contribution < -0.4 is 5.06 Å². The SMILES string of the molecule is COP(=O)(OC)C(N(O)c1ccccc1)C(C)(C)C. The minimum Gasteiger partial charge on any atom is -0.310 e. The third kappa shape index (κ3) is 3.57. The van der Waals surface area contributed by atoms with Crippen LogP contribution in [0.1, 0.15) is 20.8 Å². The van der Waals surface area contributed by atoms with Gasteiger partial charge in [-0.2, -0.15) is 0 Å². The van der Waals surface area contributed by atoms with Crippen LogP contribution in [0.15, 0.2) is 30.3 Å². The van der Waals surface area contributed by atoms with Gasteiger partial charge >= 0.3 is 7.60 Å². The molecule has 1 atom stereocenters. The van der Waals surface area contributed by atoms with Crippen molar-refractivity contribution in [2.24, 2.45) is 5.41 Å². The summed E-state index contributed by atoms with van der Waals surface area (Å²) < 4.78 is 22.8. The molecule has 0 amide bonds. The Labute approximate surface area is 114 Å². The maximum Gasteiger partial charge on any atom is 0.355 e. The first-order valence-electron chi connectivity index (χ1n) is 6.00. The van der Waals surface area contributed by atoms with Gasteiger partial charge in [0.2, 0.25) is 0 Å². The zero-order valence-electron chi connectivity index (χ0n) is 12.0. The Balaban J connectivity index is 3.23. The molecule has 0 radical (unpaired) electrons. The molecule has 108 valence electrons. The van der Waals surface area contributed by atoms with Crippen molar-refractivity contribution < 1.29 is 18.8 Å². The van der Waals surface area contributed by atoms with Crippen LogP contribution >= 0.6 is 7.60 Å². The van der Waals surface area contributed by atoms with Crippen molar-refractivity contribution in [2.75, 3.05) is 19.3 Å². The molecule has 0 fully saturated rings. The Morgan fingerprint density at radius 2 is 1.63 bits per heavy atom. The van der Waals surface area contributed by atoms with Crippen LogP contribution in [0.25, 0.3) is 0 Å². The first-order valence-corrected chi connectivity index (χ1v) is 7.62. The maximum atomic E-state index is 12.7. The van der Waals surface area contributed by atoms with Gasteiger partial charge in [0, 0.05) is 14.2 Å². The van der Waals surface area contributed by atoms with Gasteiger partial charge in [-0.15, -0.1) is 0 Å². The van der Waals surface area contributed by atoms with Crippen molar-refractivity contribution in [1.29, 1.82) is 0 Å². The van der Waals surface area contributed by atoms with Crippen molar-refractivity contribution in [3.05, 3.63) is 30.3 Å². The lowest BCUT2D eigenvalue weighted by Crippen LogP contribution is -2.42. The number of nitrogens with zero attached hydrogens (tertiary/aromatic N) is 1. The van der Waals surface area contributed by atoms with Crippen LogP contribution in [0.3, 0.4) is 0 Å². The highest BCUT2D eigenvalue weighted by Crippen LogP contribution is 2.58. The molecular weight excluding hydrogens is 265 g/mol. The Morgan fingerprint density at radius 3 is 2.00 bits per heavy atom. The largest absolute Gasteiger partial charge is 0.355 e. The minimum atomic E-state index is -3.46. The van der Waals surface area contributed by atoms with Gasteiger partial charge in [-0.1, -0.05) is 39.0 Å². The molecule has 0 aliphatic carbocycles. The number of para-hydroxylation sites is 1. The van der Waals surface area contributed by atoms with Gasteiger partial charge in [0.25, 0.3) is 0 Å². The Hall–Kier alpha value is -0.870. The summed E-state index contributed by atoms with van der Waals surface area (Å²) >= 11 is 0. The standard InChI is InChI=1S/C13H22NO4P/c1-13(2,3)12(19(16,17-4)18-5)14(15)11-9-7-6-8-10-11/h6-10,12,15H,1-5H3. The Bertz CT molecular complexity index is 436. The van der Waals surface area contributed by atoms with E-state index >= 15 is 0 Å². The number of hydrogen-bond donors (Lipinski definition) is 1. The highest BCUT2D eigenvalue weighted by Gasteiger charge is 2.46. The van der Waals surface area contributed by atoms with Crippen LogP contribution in [0.5, 0.6) is 0 Å². The normalized spacial score (nSPS) is 14.2. The van der Waals surface area contributed by atoms with E-state index in [1.165, 1.54) is 14.2 Å². The van der Waals surface area contributed by atoms with Crippen molar-refractivity contribution >= 4 is 13.3 Å². The van der Waals surface area contributed by atoms with E-state index in [9.17, 15) is 9.77 Å². The van der Waals surface area contributed by atoms with Gasteiger partial charge < -0.3 is 9.05 Å². The molecule has 1 N–H and O–H groups in total. The van der Waals surface area contributed by atoms with E-state index in [1.807, 2.05) is 26.8 Å². The fraction of sp³-hybridized carbons (Fsp3) is 0.538. The molecule has 1 aromatic rings. The average Bonchev–Trinajstić information content (AvgIpc) is 2.38. The van der Waals surface area contributed by atoms with Crippen molar-refractivity contribution in [2.45, 2.75) is 26.6 Å². The highest BCUT2D eigenvalue weighted by atomic mass is 31.2. The van der Waals surface area contributed by atoms with Crippen molar-refractivity contribution in [1.82, 2.24) is 0 Å². The molecule has 0 heterocycles. The minimum absolute atomic E-state index is 0.508. The summed E-state index contributed by atoms with van der Waals surface area (Å²) in [5, 5.41) is 11.4. The lowest BCUT2D eigenvalue weighted by atomic mass is 9.96. The predicted octanol–water partition coefficient (Wildman–Crippen LogP) is 3.74. The van der Waals surface area contributed by atoms with Crippen LogP contribution in [-0.2, 0) is 13.6 Å². The van der Waals surface area contributed by atoms with Gasteiger partial charge in [0.05, 0.1) is 5.69 Å². The molecule has 1 unspecified atom stereocenters. The van der Waals surface area contributed by atoms with E-state index in [-0.39, 0.29) is 0 Å². The molecule has 0 bridgehead atoms. The number of hydrogen-bond acceptors (Lipinski definition) is 5. The second kappa shape index (κ2) is 6.06. The molecule has 0 aliphatic heterocycles. The molecule has 0 saturated heterocycles.